The summed E-state index contributed by atoms with van der Waals surface area (Å²) in [6, 6.07) is 11.7. The fourth-order valence-electron chi connectivity index (χ4n) is 1.99. The molecule has 122 valence electrons. The van der Waals surface area contributed by atoms with E-state index in [1.54, 1.807) is 11.3 Å². The van der Waals surface area contributed by atoms with Crippen LogP contribution in [0.4, 0.5) is 5.69 Å². The van der Waals surface area contributed by atoms with Crippen LogP contribution in [0.15, 0.2) is 41.8 Å². The Morgan fingerprint density at radius 2 is 1.96 bits per heavy atom. The summed E-state index contributed by atoms with van der Waals surface area (Å²) in [6.45, 7) is 2.61. The molecule has 1 heterocycles. The summed E-state index contributed by atoms with van der Waals surface area (Å²) in [5, 5.41) is 7.72. The molecular formula is C17H20N2O2S2. The Kier molecular flexibility index (Phi) is 7.16. The fourth-order valence-corrected chi connectivity index (χ4v) is 3.34. The van der Waals surface area contributed by atoms with E-state index in [1.807, 2.05) is 42.6 Å². The highest BCUT2D eigenvalue weighted by molar-refractivity contribution is 8.00. The SMILES string of the molecule is Cc1cccc(NC(=O)CSCC(=O)NCCc2cccs2)c1. The predicted molar refractivity (Wildman–Crippen MR) is 98.2 cm³/mol. The van der Waals surface area contributed by atoms with Crippen molar-refractivity contribution in [1.82, 2.24) is 5.32 Å². The predicted octanol–water partition coefficient (Wildman–Crippen LogP) is 3.09. The van der Waals surface area contributed by atoms with Gasteiger partial charge in [-0.15, -0.1) is 23.1 Å². The molecule has 0 aliphatic rings. The number of aryl methyl sites for hydroxylation is 1. The number of rotatable bonds is 8. The number of benzene rings is 1. The van der Waals surface area contributed by atoms with E-state index in [9.17, 15) is 9.59 Å². The van der Waals surface area contributed by atoms with Crippen molar-refractivity contribution in [1.29, 1.82) is 0 Å². The molecule has 2 aromatic rings. The van der Waals surface area contributed by atoms with Gasteiger partial charge in [-0.3, -0.25) is 9.59 Å². The molecule has 2 N–H and O–H groups in total. The molecule has 0 aliphatic heterocycles. The number of nitrogens with one attached hydrogen (secondary N) is 2. The van der Waals surface area contributed by atoms with Gasteiger partial charge in [-0.25, -0.2) is 0 Å². The third-order valence-electron chi connectivity index (χ3n) is 3.04. The molecular weight excluding hydrogens is 328 g/mol. The van der Waals surface area contributed by atoms with Gasteiger partial charge in [0.1, 0.15) is 0 Å². The largest absolute Gasteiger partial charge is 0.355 e. The lowest BCUT2D eigenvalue weighted by Crippen LogP contribution is -2.27. The molecule has 0 aliphatic carbocycles. The Bertz CT molecular complexity index is 642. The first-order valence-electron chi connectivity index (χ1n) is 7.37. The normalized spacial score (nSPS) is 10.3. The quantitative estimate of drug-likeness (QED) is 0.771. The first kappa shape index (κ1) is 17.6. The highest BCUT2D eigenvalue weighted by Gasteiger charge is 2.06. The van der Waals surface area contributed by atoms with E-state index in [1.165, 1.54) is 16.6 Å². The average molecular weight is 348 g/mol. The van der Waals surface area contributed by atoms with Crippen LogP contribution < -0.4 is 10.6 Å². The topological polar surface area (TPSA) is 58.2 Å². The zero-order valence-electron chi connectivity index (χ0n) is 13.0. The standard InChI is InChI=1S/C17H20N2O2S2/c1-13-4-2-5-14(10-13)19-17(21)12-22-11-16(20)18-8-7-15-6-3-9-23-15/h2-6,9-10H,7-8,11-12H2,1H3,(H,18,20)(H,19,21). The van der Waals surface area contributed by atoms with Gasteiger partial charge in [0.15, 0.2) is 0 Å². The van der Waals surface area contributed by atoms with Gasteiger partial charge >= 0.3 is 0 Å². The van der Waals surface area contributed by atoms with E-state index in [4.69, 9.17) is 0 Å². The van der Waals surface area contributed by atoms with Crippen molar-refractivity contribution < 1.29 is 9.59 Å². The van der Waals surface area contributed by atoms with Crippen molar-refractivity contribution >= 4 is 40.6 Å². The molecule has 0 unspecified atom stereocenters. The monoisotopic (exact) mass is 348 g/mol. The maximum atomic E-state index is 11.8. The smallest absolute Gasteiger partial charge is 0.234 e. The van der Waals surface area contributed by atoms with Crippen molar-refractivity contribution in [3.05, 3.63) is 52.2 Å². The number of thiophene rings is 1. The van der Waals surface area contributed by atoms with E-state index < -0.39 is 0 Å². The Morgan fingerprint density at radius 3 is 2.70 bits per heavy atom. The lowest BCUT2D eigenvalue weighted by molar-refractivity contribution is -0.118. The number of anilines is 1. The molecule has 0 spiro atoms. The summed E-state index contributed by atoms with van der Waals surface area (Å²) >= 11 is 3.01. The zero-order valence-corrected chi connectivity index (χ0v) is 14.6. The third-order valence-corrected chi connectivity index (χ3v) is 4.91. The Balaban J connectivity index is 1.58. The van der Waals surface area contributed by atoms with Crippen molar-refractivity contribution in [2.75, 3.05) is 23.4 Å². The number of carbonyl (C=O) groups is 2. The summed E-state index contributed by atoms with van der Waals surface area (Å²) in [5.74, 6) is 0.444. The third kappa shape index (κ3) is 6.88. The summed E-state index contributed by atoms with van der Waals surface area (Å²) in [4.78, 5) is 24.8. The van der Waals surface area contributed by atoms with Crippen LogP contribution in [0.1, 0.15) is 10.4 Å². The molecule has 0 radical (unpaired) electrons. The van der Waals surface area contributed by atoms with E-state index in [-0.39, 0.29) is 17.6 Å². The number of hydrogen-bond acceptors (Lipinski definition) is 4. The van der Waals surface area contributed by atoms with Gasteiger partial charge in [0.2, 0.25) is 11.8 Å². The summed E-state index contributed by atoms with van der Waals surface area (Å²) < 4.78 is 0. The fraction of sp³-hybridized carbons (Fsp3) is 0.294. The average Bonchev–Trinajstić information content (AvgIpc) is 3.00. The number of thioether (sulfide) groups is 1. The molecule has 4 nitrogen and oxygen atoms in total. The highest BCUT2D eigenvalue weighted by atomic mass is 32.2. The molecule has 6 heteroatoms. The van der Waals surface area contributed by atoms with Gasteiger partial charge in [0.05, 0.1) is 11.5 Å². The van der Waals surface area contributed by atoms with Crippen LogP contribution in [0.2, 0.25) is 0 Å². The molecule has 2 amide bonds. The minimum absolute atomic E-state index is 0.0325. The van der Waals surface area contributed by atoms with Crippen LogP contribution in [-0.4, -0.2) is 29.9 Å². The van der Waals surface area contributed by atoms with Crippen molar-refractivity contribution in [3.8, 4) is 0 Å². The Morgan fingerprint density at radius 1 is 1.13 bits per heavy atom. The second-order valence-corrected chi connectivity index (χ2v) is 7.11. The van der Waals surface area contributed by atoms with Gasteiger partial charge in [-0.2, -0.15) is 0 Å². The highest BCUT2D eigenvalue weighted by Crippen LogP contribution is 2.11. The van der Waals surface area contributed by atoms with Gasteiger partial charge < -0.3 is 10.6 Å². The van der Waals surface area contributed by atoms with Gasteiger partial charge in [0.25, 0.3) is 0 Å². The number of amides is 2. The van der Waals surface area contributed by atoms with E-state index >= 15 is 0 Å². The van der Waals surface area contributed by atoms with E-state index in [0.29, 0.717) is 12.3 Å². The van der Waals surface area contributed by atoms with Gasteiger partial charge in [0, 0.05) is 17.1 Å². The van der Waals surface area contributed by atoms with E-state index in [0.717, 1.165) is 17.7 Å². The second-order valence-electron chi connectivity index (χ2n) is 5.09. The zero-order chi connectivity index (χ0) is 16.5. The minimum atomic E-state index is -0.0908. The van der Waals surface area contributed by atoms with Crippen LogP contribution >= 0.6 is 23.1 Å². The van der Waals surface area contributed by atoms with Crippen LogP contribution in [0.3, 0.4) is 0 Å². The maximum absolute atomic E-state index is 11.8. The van der Waals surface area contributed by atoms with Gasteiger partial charge in [-0.05, 0) is 42.5 Å². The lowest BCUT2D eigenvalue weighted by Gasteiger charge is -2.06. The molecule has 0 atom stereocenters. The first-order valence-corrected chi connectivity index (χ1v) is 9.40. The van der Waals surface area contributed by atoms with Crippen molar-refractivity contribution in [2.24, 2.45) is 0 Å². The molecule has 2 rings (SSSR count). The van der Waals surface area contributed by atoms with Crippen molar-refractivity contribution in [2.45, 2.75) is 13.3 Å². The molecule has 0 saturated carbocycles. The molecule has 1 aromatic heterocycles. The Labute approximate surface area is 144 Å². The lowest BCUT2D eigenvalue weighted by atomic mass is 10.2. The minimum Gasteiger partial charge on any atom is -0.355 e. The van der Waals surface area contributed by atoms with Gasteiger partial charge in [-0.1, -0.05) is 18.2 Å². The van der Waals surface area contributed by atoms with Crippen LogP contribution in [-0.2, 0) is 16.0 Å². The number of hydrogen-bond donors (Lipinski definition) is 2. The molecule has 0 fully saturated rings. The van der Waals surface area contributed by atoms with E-state index in [2.05, 4.69) is 16.7 Å². The summed E-state index contributed by atoms with van der Waals surface area (Å²) in [5.41, 5.74) is 1.89. The second kappa shape index (κ2) is 9.37. The maximum Gasteiger partial charge on any atom is 0.234 e. The first-order chi connectivity index (χ1) is 11.1. The summed E-state index contributed by atoms with van der Waals surface area (Å²) in [6.07, 6.45) is 0.849. The van der Waals surface area contributed by atoms with Crippen LogP contribution in [0.5, 0.6) is 0 Å². The van der Waals surface area contributed by atoms with Crippen LogP contribution in [0.25, 0.3) is 0 Å². The molecule has 23 heavy (non-hydrogen) atoms. The molecule has 0 bridgehead atoms. The molecule has 0 saturated heterocycles. The molecule has 1 aromatic carbocycles. The summed E-state index contributed by atoms with van der Waals surface area (Å²) in [7, 11) is 0. The van der Waals surface area contributed by atoms with Crippen molar-refractivity contribution in [3.63, 3.8) is 0 Å². The Hall–Kier alpha value is -1.79. The number of carbonyl (C=O) groups excluding carboxylic acids is 2. The van der Waals surface area contributed by atoms with Crippen LogP contribution in [0, 0.1) is 6.92 Å².